The zero-order valence-electron chi connectivity index (χ0n) is 11.1. The summed E-state index contributed by atoms with van der Waals surface area (Å²) in [7, 11) is 0. The highest BCUT2D eigenvalue weighted by atomic mass is 16.5. The SMILES string of the molecule is NC(=O)COCCNC(=O)c1cncc(/C=C/C(=O)O)c1. The van der Waals surface area contributed by atoms with E-state index in [1.165, 1.54) is 24.5 Å². The molecule has 112 valence electrons. The van der Waals surface area contributed by atoms with Gasteiger partial charge in [-0.05, 0) is 17.7 Å². The Labute approximate surface area is 120 Å². The maximum atomic E-state index is 11.8. The van der Waals surface area contributed by atoms with E-state index in [1.54, 1.807) is 0 Å². The molecule has 1 aromatic rings. The average molecular weight is 293 g/mol. The lowest BCUT2D eigenvalue weighted by molar-refractivity contribution is -0.131. The number of carboxylic acids is 1. The van der Waals surface area contributed by atoms with E-state index >= 15 is 0 Å². The Balaban J connectivity index is 2.48. The van der Waals surface area contributed by atoms with E-state index < -0.39 is 11.9 Å². The molecule has 0 aromatic carbocycles. The van der Waals surface area contributed by atoms with Gasteiger partial charge in [-0.25, -0.2) is 4.79 Å². The van der Waals surface area contributed by atoms with Crippen molar-refractivity contribution in [3.8, 4) is 0 Å². The second kappa shape index (κ2) is 8.43. The molecule has 0 fully saturated rings. The van der Waals surface area contributed by atoms with E-state index in [4.69, 9.17) is 15.6 Å². The number of carbonyl (C=O) groups is 3. The summed E-state index contributed by atoms with van der Waals surface area (Å²) in [5.41, 5.74) is 5.67. The zero-order chi connectivity index (χ0) is 15.7. The highest BCUT2D eigenvalue weighted by Gasteiger charge is 2.06. The van der Waals surface area contributed by atoms with Crippen LogP contribution in [0.4, 0.5) is 0 Å². The van der Waals surface area contributed by atoms with Crippen molar-refractivity contribution in [1.82, 2.24) is 10.3 Å². The number of hydrogen-bond donors (Lipinski definition) is 3. The van der Waals surface area contributed by atoms with Gasteiger partial charge in [0.25, 0.3) is 5.91 Å². The average Bonchev–Trinajstić information content (AvgIpc) is 2.44. The minimum absolute atomic E-state index is 0.153. The largest absolute Gasteiger partial charge is 0.478 e. The minimum atomic E-state index is -1.09. The van der Waals surface area contributed by atoms with Crippen LogP contribution in [0.3, 0.4) is 0 Å². The third-order valence-corrected chi connectivity index (χ3v) is 2.22. The van der Waals surface area contributed by atoms with Gasteiger partial charge in [-0.15, -0.1) is 0 Å². The third-order valence-electron chi connectivity index (χ3n) is 2.22. The van der Waals surface area contributed by atoms with Gasteiger partial charge >= 0.3 is 5.97 Å². The first kappa shape index (κ1) is 16.3. The highest BCUT2D eigenvalue weighted by Crippen LogP contribution is 2.04. The molecule has 0 bridgehead atoms. The number of nitrogens with two attached hydrogens (primary N) is 1. The van der Waals surface area contributed by atoms with Gasteiger partial charge in [0.2, 0.25) is 5.91 Å². The Hall–Kier alpha value is -2.74. The third kappa shape index (κ3) is 6.83. The number of primary amides is 1. The van der Waals surface area contributed by atoms with Crippen molar-refractivity contribution in [3.05, 3.63) is 35.7 Å². The van der Waals surface area contributed by atoms with Crippen LogP contribution in [0.5, 0.6) is 0 Å². The van der Waals surface area contributed by atoms with Crippen LogP contribution in [0.2, 0.25) is 0 Å². The first-order valence-corrected chi connectivity index (χ1v) is 5.99. The molecule has 1 heterocycles. The van der Waals surface area contributed by atoms with Gasteiger partial charge in [-0.1, -0.05) is 0 Å². The number of aromatic nitrogens is 1. The van der Waals surface area contributed by atoms with Gasteiger partial charge in [0.15, 0.2) is 0 Å². The molecule has 1 aromatic heterocycles. The fourth-order valence-electron chi connectivity index (χ4n) is 1.35. The van der Waals surface area contributed by atoms with Gasteiger partial charge in [-0.3, -0.25) is 14.6 Å². The first-order valence-electron chi connectivity index (χ1n) is 5.99. The predicted octanol–water partition coefficient (Wildman–Crippen LogP) is -0.589. The number of amides is 2. The van der Waals surface area contributed by atoms with Gasteiger partial charge in [-0.2, -0.15) is 0 Å². The van der Waals surface area contributed by atoms with Gasteiger partial charge in [0, 0.05) is 25.0 Å². The quantitative estimate of drug-likeness (QED) is 0.433. The lowest BCUT2D eigenvalue weighted by atomic mass is 10.2. The smallest absolute Gasteiger partial charge is 0.328 e. The second-order valence-corrected chi connectivity index (χ2v) is 3.95. The number of carbonyl (C=O) groups excluding carboxylic acids is 2. The van der Waals surface area contributed by atoms with Crippen molar-refractivity contribution in [2.45, 2.75) is 0 Å². The number of carboxylic acid groups (broad SMARTS) is 1. The summed E-state index contributed by atoms with van der Waals surface area (Å²) < 4.78 is 4.89. The van der Waals surface area contributed by atoms with E-state index in [-0.39, 0.29) is 31.2 Å². The van der Waals surface area contributed by atoms with Gasteiger partial charge in [0.05, 0.1) is 12.2 Å². The first-order chi connectivity index (χ1) is 9.99. The fraction of sp³-hybridized carbons (Fsp3) is 0.231. The maximum Gasteiger partial charge on any atom is 0.328 e. The van der Waals surface area contributed by atoms with E-state index in [1.807, 2.05) is 0 Å². The molecule has 8 nitrogen and oxygen atoms in total. The zero-order valence-corrected chi connectivity index (χ0v) is 11.1. The van der Waals surface area contributed by atoms with Crippen LogP contribution in [-0.2, 0) is 14.3 Å². The molecule has 1 rings (SSSR count). The highest BCUT2D eigenvalue weighted by molar-refractivity contribution is 5.94. The van der Waals surface area contributed by atoms with Crippen LogP contribution in [0, 0.1) is 0 Å². The predicted molar refractivity (Wildman–Crippen MR) is 73.3 cm³/mol. The van der Waals surface area contributed by atoms with Crippen LogP contribution in [0.25, 0.3) is 6.08 Å². The van der Waals surface area contributed by atoms with Crippen LogP contribution >= 0.6 is 0 Å². The van der Waals surface area contributed by atoms with Gasteiger partial charge in [0.1, 0.15) is 6.61 Å². The molecule has 21 heavy (non-hydrogen) atoms. The topological polar surface area (TPSA) is 132 Å². The molecule has 8 heteroatoms. The van der Waals surface area contributed by atoms with E-state index in [0.717, 1.165) is 6.08 Å². The number of hydrogen-bond acceptors (Lipinski definition) is 5. The van der Waals surface area contributed by atoms with Crippen molar-refractivity contribution >= 4 is 23.9 Å². The number of ether oxygens (including phenoxy) is 1. The number of aliphatic carboxylic acids is 1. The summed E-state index contributed by atoms with van der Waals surface area (Å²) in [6, 6.07) is 1.51. The van der Waals surface area contributed by atoms with Crippen LogP contribution < -0.4 is 11.1 Å². The second-order valence-electron chi connectivity index (χ2n) is 3.95. The van der Waals surface area contributed by atoms with Crippen molar-refractivity contribution in [2.75, 3.05) is 19.8 Å². The molecule has 0 saturated heterocycles. The molecule has 2 amide bonds. The standard InChI is InChI=1S/C13H15N3O5/c14-11(17)8-21-4-3-16-13(20)10-5-9(6-15-7-10)1-2-12(18)19/h1-2,5-7H,3-4,8H2,(H2,14,17)(H,16,20)(H,18,19)/b2-1+. The summed E-state index contributed by atoms with van der Waals surface area (Å²) in [6.07, 6.45) is 5.09. The molecule has 0 atom stereocenters. The van der Waals surface area contributed by atoms with E-state index in [9.17, 15) is 14.4 Å². The Bertz CT molecular complexity index is 556. The molecule has 0 unspecified atom stereocenters. The number of pyridine rings is 1. The Morgan fingerprint density at radius 1 is 1.38 bits per heavy atom. The minimum Gasteiger partial charge on any atom is -0.478 e. The number of nitrogens with zero attached hydrogens (tertiary/aromatic N) is 1. The van der Waals surface area contributed by atoms with Gasteiger partial charge < -0.3 is 20.9 Å². The molecule has 0 saturated carbocycles. The molecular weight excluding hydrogens is 278 g/mol. The van der Waals surface area contributed by atoms with Crippen LogP contribution in [0.15, 0.2) is 24.5 Å². The summed E-state index contributed by atoms with van der Waals surface area (Å²) in [6.45, 7) is 0.162. The monoisotopic (exact) mass is 293 g/mol. The van der Waals surface area contributed by atoms with Crippen LogP contribution in [0.1, 0.15) is 15.9 Å². The number of rotatable bonds is 8. The molecule has 4 N–H and O–H groups in total. The Morgan fingerprint density at radius 2 is 2.14 bits per heavy atom. The summed E-state index contributed by atoms with van der Waals surface area (Å²) in [4.78, 5) is 36.5. The van der Waals surface area contributed by atoms with E-state index in [2.05, 4.69) is 10.3 Å². The summed E-state index contributed by atoms with van der Waals surface area (Å²) in [5.74, 6) is -2.05. The molecule has 0 aliphatic heterocycles. The van der Waals surface area contributed by atoms with E-state index in [0.29, 0.717) is 5.56 Å². The molecule has 0 radical (unpaired) electrons. The summed E-state index contributed by atoms with van der Waals surface area (Å²) in [5, 5.41) is 11.1. The molecule has 0 aliphatic carbocycles. The van der Waals surface area contributed by atoms with Crippen molar-refractivity contribution in [3.63, 3.8) is 0 Å². The summed E-state index contributed by atoms with van der Waals surface area (Å²) >= 11 is 0. The fourth-order valence-corrected chi connectivity index (χ4v) is 1.35. The van der Waals surface area contributed by atoms with Crippen LogP contribution in [-0.4, -0.2) is 47.6 Å². The van der Waals surface area contributed by atoms with Crippen molar-refractivity contribution < 1.29 is 24.2 Å². The normalized spacial score (nSPS) is 10.5. The lowest BCUT2D eigenvalue weighted by Gasteiger charge is -2.05. The Kier molecular flexibility index (Phi) is 6.55. The molecular formula is C13H15N3O5. The van der Waals surface area contributed by atoms with Crippen molar-refractivity contribution in [2.24, 2.45) is 5.73 Å². The molecule has 0 spiro atoms. The number of nitrogens with one attached hydrogen (secondary N) is 1. The maximum absolute atomic E-state index is 11.8. The van der Waals surface area contributed by atoms with Crippen molar-refractivity contribution in [1.29, 1.82) is 0 Å². The molecule has 0 aliphatic rings. The lowest BCUT2D eigenvalue weighted by Crippen LogP contribution is -2.28. The Morgan fingerprint density at radius 3 is 2.81 bits per heavy atom.